The summed E-state index contributed by atoms with van der Waals surface area (Å²) >= 11 is 5.47. The van der Waals surface area contributed by atoms with Crippen molar-refractivity contribution in [2.24, 2.45) is 0 Å². The van der Waals surface area contributed by atoms with E-state index >= 15 is 0 Å². The fourth-order valence-corrected chi connectivity index (χ4v) is 0.483. The highest BCUT2D eigenvalue weighted by Gasteiger charge is 1.88. The van der Waals surface area contributed by atoms with Crippen LogP contribution in [-0.4, -0.2) is 19.1 Å². The summed E-state index contributed by atoms with van der Waals surface area (Å²) in [7, 11) is 0. The molecule has 0 amide bonds. The fourth-order valence-electron chi connectivity index (χ4n) is 0.406. The van der Waals surface area contributed by atoms with Gasteiger partial charge in [0, 0.05) is 5.88 Å². The summed E-state index contributed by atoms with van der Waals surface area (Å²) in [5, 5.41) is 0. The standard InChI is InChI=1S/C8H13ClO/c1-3-4-5-10-7-8(2)6-9/h3-4H,2,5-7H2,1H3/b4-3+. The molecule has 0 aromatic rings. The fraction of sp³-hybridized carbons (Fsp3) is 0.500. The molecule has 0 spiro atoms. The van der Waals surface area contributed by atoms with Crippen molar-refractivity contribution < 1.29 is 4.74 Å². The Morgan fingerprint density at radius 2 is 2.40 bits per heavy atom. The van der Waals surface area contributed by atoms with Crippen molar-refractivity contribution in [3.05, 3.63) is 24.3 Å². The van der Waals surface area contributed by atoms with Crippen molar-refractivity contribution >= 4 is 11.6 Å². The van der Waals surface area contributed by atoms with Gasteiger partial charge < -0.3 is 4.74 Å². The van der Waals surface area contributed by atoms with Crippen LogP contribution in [0.1, 0.15) is 6.92 Å². The second kappa shape index (κ2) is 6.84. The molecule has 0 saturated carbocycles. The summed E-state index contributed by atoms with van der Waals surface area (Å²) in [6.45, 7) is 6.86. The van der Waals surface area contributed by atoms with E-state index in [1.807, 2.05) is 19.1 Å². The summed E-state index contributed by atoms with van der Waals surface area (Å²) in [5.41, 5.74) is 0.922. The van der Waals surface area contributed by atoms with E-state index < -0.39 is 0 Å². The Kier molecular flexibility index (Phi) is 6.66. The van der Waals surface area contributed by atoms with Gasteiger partial charge in [0.25, 0.3) is 0 Å². The number of halogens is 1. The van der Waals surface area contributed by atoms with Crippen molar-refractivity contribution in [2.45, 2.75) is 6.92 Å². The second-order valence-corrected chi connectivity index (χ2v) is 2.24. The molecule has 0 rings (SSSR count). The number of ether oxygens (including phenoxy) is 1. The van der Waals surface area contributed by atoms with Gasteiger partial charge in [-0.05, 0) is 12.5 Å². The van der Waals surface area contributed by atoms with Crippen molar-refractivity contribution in [1.82, 2.24) is 0 Å². The highest BCUT2D eigenvalue weighted by atomic mass is 35.5. The van der Waals surface area contributed by atoms with E-state index in [2.05, 4.69) is 6.58 Å². The molecule has 0 aliphatic heterocycles. The van der Waals surface area contributed by atoms with Gasteiger partial charge in [0.15, 0.2) is 0 Å². The van der Waals surface area contributed by atoms with Crippen LogP contribution in [0, 0.1) is 0 Å². The van der Waals surface area contributed by atoms with E-state index in [0.717, 1.165) is 5.57 Å². The van der Waals surface area contributed by atoms with Crippen LogP contribution in [0.4, 0.5) is 0 Å². The predicted molar refractivity (Wildman–Crippen MR) is 45.5 cm³/mol. The summed E-state index contributed by atoms with van der Waals surface area (Å²) in [6.07, 6.45) is 3.89. The minimum absolute atomic E-state index is 0.482. The van der Waals surface area contributed by atoms with Gasteiger partial charge in [-0.3, -0.25) is 0 Å². The summed E-state index contributed by atoms with van der Waals surface area (Å²) in [5.74, 6) is 0.482. The molecular formula is C8H13ClO. The van der Waals surface area contributed by atoms with Crippen molar-refractivity contribution in [2.75, 3.05) is 19.1 Å². The lowest BCUT2D eigenvalue weighted by atomic mass is 10.4. The topological polar surface area (TPSA) is 9.23 Å². The van der Waals surface area contributed by atoms with Crippen LogP contribution in [0.25, 0.3) is 0 Å². The molecule has 0 saturated heterocycles. The van der Waals surface area contributed by atoms with Gasteiger partial charge in [-0.25, -0.2) is 0 Å². The number of alkyl halides is 1. The van der Waals surface area contributed by atoms with Gasteiger partial charge in [0.05, 0.1) is 13.2 Å². The average molecular weight is 161 g/mol. The first-order valence-corrected chi connectivity index (χ1v) is 3.76. The molecular weight excluding hydrogens is 148 g/mol. The normalized spacial score (nSPS) is 10.6. The van der Waals surface area contributed by atoms with Crippen molar-refractivity contribution in [3.63, 3.8) is 0 Å². The molecule has 2 heteroatoms. The highest BCUT2D eigenvalue weighted by Crippen LogP contribution is 1.93. The number of hydrogen-bond donors (Lipinski definition) is 0. The van der Waals surface area contributed by atoms with Gasteiger partial charge in [-0.1, -0.05) is 18.7 Å². The molecule has 0 aromatic heterocycles. The van der Waals surface area contributed by atoms with E-state index in [9.17, 15) is 0 Å². The Labute approximate surface area is 67.3 Å². The Balaban J connectivity index is 3.11. The van der Waals surface area contributed by atoms with E-state index in [0.29, 0.717) is 19.1 Å². The first-order valence-electron chi connectivity index (χ1n) is 3.22. The van der Waals surface area contributed by atoms with Gasteiger partial charge in [0.2, 0.25) is 0 Å². The molecule has 0 radical (unpaired) electrons. The zero-order valence-electron chi connectivity index (χ0n) is 6.27. The van der Waals surface area contributed by atoms with E-state index in [4.69, 9.17) is 16.3 Å². The van der Waals surface area contributed by atoms with Crippen LogP contribution >= 0.6 is 11.6 Å². The number of rotatable bonds is 5. The van der Waals surface area contributed by atoms with Gasteiger partial charge in [0.1, 0.15) is 0 Å². The van der Waals surface area contributed by atoms with Gasteiger partial charge >= 0.3 is 0 Å². The minimum Gasteiger partial charge on any atom is -0.373 e. The third-order valence-corrected chi connectivity index (χ3v) is 1.32. The number of hydrogen-bond acceptors (Lipinski definition) is 1. The highest BCUT2D eigenvalue weighted by molar-refractivity contribution is 6.19. The molecule has 0 atom stereocenters. The number of allylic oxidation sites excluding steroid dienone is 1. The largest absolute Gasteiger partial charge is 0.373 e. The van der Waals surface area contributed by atoms with Crippen molar-refractivity contribution in [3.8, 4) is 0 Å². The monoisotopic (exact) mass is 160 g/mol. The lowest BCUT2D eigenvalue weighted by Crippen LogP contribution is -1.97. The van der Waals surface area contributed by atoms with E-state index in [-0.39, 0.29) is 0 Å². The van der Waals surface area contributed by atoms with Crippen LogP contribution in [0.15, 0.2) is 24.3 Å². The van der Waals surface area contributed by atoms with E-state index in [1.54, 1.807) is 0 Å². The molecule has 0 aromatic carbocycles. The Morgan fingerprint density at radius 1 is 1.70 bits per heavy atom. The van der Waals surface area contributed by atoms with Crippen LogP contribution in [0.2, 0.25) is 0 Å². The molecule has 0 aliphatic carbocycles. The molecule has 58 valence electrons. The quantitative estimate of drug-likeness (QED) is 0.341. The Morgan fingerprint density at radius 3 is 2.90 bits per heavy atom. The first-order chi connectivity index (χ1) is 4.81. The summed E-state index contributed by atoms with van der Waals surface area (Å²) in [6, 6.07) is 0. The molecule has 1 nitrogen and oxygen atoms in total. The summed E-state index contributed by atoms with van der Waals surface area (Å²) < 4.78 is 5.16. The lowest BCUT2D eigenvalue weighted by Gasteiger charge is -1.99. The van der Waals surface area contributed by atoms with Crippen LogP contribution in [-0.2, 0) is 4.74 Å². The molecule has 0 aliphatic rings. The maximum absolute atomic E-state index is 5.47. The molecule has 0 fully saturated rings. The van der Waals surface area contributed by atoms with Crippen LogP contribution in [0.5, 0.6) is 0 Å². The van der Waals surface area contributed by atoms with Gasteiger partial charge in [-0.2, -0.15) is 0 Å². The van der Waals surface area contributed by atoms with Crippen LogP contribution < -0.4 is 0 Å². The maximum Gasteiger partial charge on any atom is 0.0690 e. The average Bonchev–Trinajstić information content (AvgIpc) is 1.98. The Hall–Kier alpha value is -0.270. The predicted octanol–water partition coefficient (Wildman–Crippen LogP) is 2.37. The smallest absolute Gasteiger partial charge is 0.0690 e. The SMILES string of the molecule is C=C(CCl)COC/C=C/C. The summed E-state index contributed by atoms with van der Waals surface area (Å²) in [4.78, 5) is 0. The molecule has 10 heavy (non-hydrogen) atoms. The molecule has 0 N–H and O–H groups in total. The molecule has 0 unspecified atom stereocenters. The second-order valence-electron chi connectivity index (χ2n) is 1.97. The minimum atomic E-state index is 0.482. The third kappa shape index (κ3) is 5.86. The zero-order chi connectivity index (χ0) is 7.82. The zero-order valence-corrected chi connectivity index (χ0v) is 7.03. The third-order valence-electron chi connectivity index (χ3n) is 0.945. The van der Waals surface area contributed by atoms with Gasteiger partial charge in [-0.15, -0.1) is 11.6 Å². The van der Waals surface area contributed by atoms with Crippen LogP contribution in [0.3, 0.4) is 0 Å². The molecule has 0 heterocycles. The lowest BCUT2D eigenvalue weighted by molar-refractivity contribution is 0.187. The van der Waals surface area contributed by atoms with Crippen molar-refractivity contribution in [1.29, 1.82) is 0 Å². The van der Waals surface area contributed by atoms with E-state index in [1.165, 1.54) is 0 Å². The maximum atomic E-state index is 5.47. The first kappa shape index (κ1) is 9.73. The Bertz CT molecular complexity index is 118. The molecule has 0 bridgehead atoms.